The number of hydrogen-bond donors (Lipinski definition) is 1. The highest BCUT2D eigenvalue weighted by Gasteiger charge is 2.29. The van der Waals surface area contributed by atoms with Crippen molar-refractivity contribution in [2.75, 3.05) is 31.1 Å². The Kier molecular flexibility index (Phi) is 5.75. The van der Waals surface area contributed by atoms with Crippen LogP contribution in [0.25, 0.3) is 0 Å². The lowest BCUT2D eigenvalue weighted by molar-refractivity contribution is 0.0824. The molecule has 0 spiro atoms. The average Bonchev–Trinajstić information content (AvgIpc) is 2.97. The van der Waals surface area contributed by atoms with Gasteiger partial charge in [-0.25, -0.2) is 0 Å². The van der Waals surface area contributed by atoms with Crippen molar-refractivity contribution in [3.05, 3.63) is 51.8 Å². The van der Waals surface area contributed by atoms with Crippen molar-refractivity contribution < 1.29 is 9.59 Å². The molecule has 1 aliphatic heterocycles. The van der Waals surface area contributed by atoms with E-state index in [2.05, 4.69) is 46.8 Å². The average molecular weight is 382 g/mol. The Labute approximate surface area is 167 Å². The predicted octanol–water partition coefficient (Wildman–Crippen LogP) is 3.84. The van der Waals surface area contributed by atoms with Gasteiger partial charge in [-0.15, -0.1) is 0 Å². The van der Waals surface area contributed by atoms with Crippen molar-refractivity contribution in [1.82, 2.24) is 9.88 Å². The minimum atomic E-state index is -0.211. The third kappa shape index (κ3) is 3.63. The van der Waals surface area contributed by atoms with E-state index in [9.17, 15) is 9.59 Å². The van der Waals surface area contributed by atoms with Gasteiger partial charge in [-0.05, 0) is 64.3 Å². The maximum atomic E-state index is 13.1. The standard InChI is InChI=1S/C23H31N3O2/c1-14-8-7-9-20(15(14)2)26-12-10-25(11-13-26)18(5)23(28)22-16(3)21(19(6)27)17(4)24-22/h7-9,18,24H,10-13H2,1-6H3. The molecule has 1 atom stereocenters. The third-order valence-electron chi connectivity index (χ3n) is 6.19. The fraction of sp³-hybridized carbons (Fsp3) is 0.478. The number of nitrogens with one attached hydrogen (secondary N) is 1. The summed E-state index contributed by atoms with van der Waals surface area (Å²) in [5.74, 6) is 0.0633. The Balaban J connectivity index is 1.71. The third-order valence-corrected chi connectivity index (χ3v) is 6.19. The number of Topliss-reactive ketones (excluding diaryl/α,β-unsaturated/α-hetero) is 2. The van der Waals surface area contributed by atoms with Crippen LogP contribution < -0.4 is 4.90 Å². The zero-order valence-electron chi connectivity index (χ0n) is 17.8. The number of aromatic amines is 1. The lowest BCUT2D eigenvalue weighted by atomic mass is 10.0. The van der Waals surface area contributed by atoms with Gasteiger partial charge in [0.1, 0.15) is 0 Å². The van der Waals surface area contributed by atoms with Crippen molar-refractivity contribution in [1.29, 1.82) is 0 Å². The van der Waals surface area contributed by atoms with Crippen LogP contribution in [0.5, 0.6) is 0 Å². The molecule has 0 saturated carbocycles. The van der Waals surface area contributed by atoms with Gasteiger partial charge >= 0.3 is 0 Å². The maximum absolute atomic E-state index is 13.1. The lowest BCUT2D eigenvalue weighted by Gasteiger charge is -2.39. The molecule has 150 valence electrons. The van der Waals surface area contributed by atoms with Gasteiger partial charge in [-0.2, -0.15) is 0 Å². The molecule has 1 aromatic heterocycles. The van der Waals surface area contributed by atoms with Gasteiger partial charge in [0.25, 0.3) is 0 Å². The van der Waals surface area contributed by atoms with Crippen LogP contribution in [-0.4, -0.2) is 53.7 Å². The largest absolute Gasteiger partial charge is 0.369 e. The van der Waals surface area contributed by atoms with Gasteiger partial charge < -0.3 is 9.88 Å². The van der Waals surface area contributed by atoms with E-state index in [-0.39, 0.29) is 17.6 Å². The number of piperazine rings is 1. The molecule has 1 aromatic carbocycles. The smallest absolute Gasteiger partial charge is 0.196 e. The van der Waals surface area contributed by atoms with Crippen molar-refractivity contribution >= 4 is 17.3 Å². The Morgan fingerprint density at radius 2 is 1.64 bits per heavy atom. The molecule has 0 bridgehead atoms. The molecule has 28 heavy (non-hydrogen) atoms. The molecule has 1 fully saturated rings. The summed E-state index contributed by atoms with van der Waals surface area (Å²) >= 11 is 0. The Hall–Kier alpha value is -2.40. The Bertz CT molecular complexity index is 905. The molecular formula is C23H31N3O2. The van der Waals surface area contributed by atoms with E-state index >= 15 is 0 Å². The summed E-state index contributed by atoms with van der Waals surface area (Å²) in [6, 6.07) is 6.23. The first-order valence-corrected chi connectivity index (χ1v) is 10.0. The van der Waals surface area contributed by atoms with Crippen LogP contribution in [0.1, 0.15) is 57.1 Å². The normalized spacial score (nSPS) is 16.3. The molecule has 5 nitrogen and oxygen atoms in total. The van der Waals surface area contributed by atoms with Gasteiger partial charge in [-0.1, -0.05) is 12.1 Å². The van der Waals surface area contributed by atoms with E-state index in [1.807, 2.05) is 20.8 Å². The monoisotopic (exact) mass is 381 g/mol. The number of anilines is 1. The van der Waals surface area contributed by atoms with Gasteiger partial charge in [-0.3, -0.25) is 14.5 Å². The van der Waals surface area contributed by atoms with E-state index in [1.54, 1.807) is 6.92 Å². The molecule has 3 rings (SSSR count). The quantitative estimate of drug-likeness (QED) is 0.800. The first-order chi connectivity index (χ1) is 13.2. The minimum Gasteiger partial charge on any atom is -0.369 e. The zero-order chi connectivity index (χ0) is 20.6. The molecule has 2 heterocycles. The molecule has 5 heteroatoms. The number of rotatable bonds is 5. The van der Waals surface area contributed by atoms with Crippen molar-refractivity contribution in [2.24, 2.45) is 0 Å². The molecule has 1 N–H and O–H groups in total. The van der Waals surface area contributed by atoms with Crippen LogP contribution in [0.4, 0.5) is 5.69 Å². The van der Waals surface area contributed by atoms with Crippen LogP contribution >= 0.6 is 0 Å². The molecule has 1 saturated heterocycles. The summed E-state index contributed by atoms with van der Waals surface area (Å²) in [7, 11) is 0. The van der Waals surface area contributed by atoms with Crippen molar-refractivity contribution in [3.63, 3.8) is 0 Å². The highest BCUT2D eigenvalue weighted by Crippen LogP contribution is 2.25. The number of aromatic nitrogens is 1. The molecule has 0 radical (unpaired) electrons. The van der Waals surface area contributed by atoms with E-state index < -0.39 is 0 Å². The van der Waals surface area contributed by atoms with Gasteiger partial charge in [0.15, 0.2) is 11.6 Å². The van der Waals surface area contributed by atoms with Gasteiger partial charge in [0, 0.05) is 43.1 Å². The van der Waals surface area contributed by atoms with E-state index in [1.165, 1.54) is 16.8 Å². The van der Waals surface area contributed by atoms with Crippen LogP contribution in [0.15, 0.2) is 18.2 Å². The summed E-state index contributed by atoms with van der Waals surface area (Å²) < 4.78 is 0. The summed E-state index contributed by atoms with van der Waals surface area (Å²) in [5.41, 5.74) is 6.70. The summed E-state index contributed by atoms with van der Waals surface area (Å²) in [5, 5.41) is 0. The van der Waals surface area contributed by atoms with Crippen molar-refractivity contribution in [2.45, 2.75) is 47.6 Å². The highest BCUT2D eigenvalue weighted by molar-refractivity contribution is 6.05. The topological polar surface area (TPSA) is 56.4 Å². The molecule has 2 aromatic rings. The molecule has 0 aliphatic carbocycles. The first-order valence-electron chi connectivity index (χ1n) is 10.0. The first kappa shape index (κ1) is 20.3. The number of hydrogen-bond acceptors (Lipinski definition) is 4. The van der Waals surface area contributed by atoms with E-state index in [0.717, 1.165) is 37.4 Å². The van der Waals surface area contributed by atoms with Crippen LogP contribution in [-0.2, 0) is 0 Å². The number of nitrogens with zero attached hydrogens (tertiary/aromatic N) is 2. The number of ketones is 2. The summed E-state index contributed by atoms with van der Waals surface area (Å²) in [6.45, 7) is 15.1. The summed E-state index contributed by atoms with van der Waals surface area (Å²) in [4.78, 5) is 32.8. The molecule has 1 aliphatic rings. The van der Waals surface area contributed by atoms with Gasteiger partial charge in [0.2, 0.25) is 0 Å². The highest BCUT2D eigenvalue weighted by atomic mass is 16.1. The number of aryl methyl sites for hydroxylation is 2. The van der Waals surface area contributed by atoms with Crippen LogP contribution in [0, 0.1) is 27.7 Å². The number of carbonyl (C=O) groups excluding carboxylic acids is 2. The fourth-order valence-electron chi connectivity index (χ4n) is 4.33. The molecule has 1 unspecified atom stereocenters. The zero-order valence-corrected chi connectivity index (χ0v) is 17.8. The minimum absolute atomic E-state index is 0.0000849. The van der Waals surface area contributed by atoms with E-state index in [0.29, 0.717) is 11.3 Å². The second-order valence-corrected chi connectivity index (χ2v) is 7.96. The van der Waals surface area contributed by atoms with E-state index in [4.69, 9.17) is 0 Å². The second-order valence-electron chi connectivity index (χ2n) is 7.96. The second kappa shape index (κ2) is 7.92. The van der Waals surface area contributed by atoms with Crippen molar-refractivity contribution in [3.8, 4) is 0 Å². The van der Waals surface area contributed by atoms with Gasteiger partial charge in [0.05, 0.1) is 11.7 Å². The van der Waals surface area contributed by atoms with Crippen LogP contribution in [0.2, 0.25) is 0 Å². The Morgan fingerprint density at radius 1 is 1.00 bits per heavy atom. The number of H-pyrrole nitrogens is 1. The summed E-state index contributed by atoms with van der Waals surface area (Å²) in [6.07, 6.45) is 0. The molecular weight excluding hydrogens is 350 g/mol. The lowest BCUT2D eigenvalue weighted by Crippen LogP contribution is -2.52. The number of benzene rings is 1. The van der Waals surface area contributed by atoms with Crippen LogP contribution in [0.3, 0.4) is 0 Å². The number of carbonyl (C=O) groups is 2. The SMILES string of the molecule is CC(=O)c1c(C)[nH]c(C(=O)C(C)N2CCN(c3cccc(C)c3C)CC2)c1C. The molecule has 0 amide bonds. The fourth-order valence-corrected chi connectivity index (χ4v) is 4.33. The maximum Gasteiger partial charge on any atom is 0.196 e. The predicted molar refractivity (Wildman–Crippen MR) is 114 cm³/mol. The Morgan fingerprint density at radius 3 is 2.21 bits per heavy atom.